The Bertz CT molecular complexity index is 1920. The van der Waals surface area contributed by atoms with E-state index < -0.39 is 95.7 Å². The maximum Gasteiger partial charge on any atom is 0.253 e. The van der Waals surface area contributed by atoms with Crippen LogP contribution in [0.15, 0.2) is 30.4 Å². The van der Waals surface area contributed by atoms with E-state index in [4.69, 9.17) is 14.2 Å². The number of ether oxygens (including phenoxy) is 3. The highest BCUT2D eigenvalue weighted by molar-refractivity contribution is 6.31. The molecule has 288 valence electrons. The number of phenolic OH excluding ortho intramolecular Hbond substituents is 2. The number of unbranched alkanes of at least 4 members (excludes halogenated alkanes) is 2. The maximum absolute atomic E-state index is 13.9. The van der Waals surface area contributed by atoms with Crippen molar-refractivity contribution in [2.24, 2.45) is 0 Å². The second-order valence-corrected chi connectivity index (χ2v) is 14.0. The Kier molecular flexibility index (Phi) is 11.1. The first-order valence-electron chi connectivity index (χ1n) is 17.7. The van der Waals surface area contributed by atoms with E-state index in [1.807, 2.05) is 0 Å². The van der Waals surface area contributed by atoms with E-state index >= 15 is 0 Å². The third-order valence-corrected chi connectivity index (χ3v) is 10.6. The zero-order valence-corrected chi connectivity index (χ0v) is 29.7. The van der Waals surface area contributed by atoms with Gasteiger partial charge in [0, 0.05) is 67.1 Å². The number of nitrogens with one attached hydrogen (secondary N) is 1. The molecule has 2 aliphatic carbocycles. The summed E-state index contributed by atoms with van der Waals surface area (Å²) in [5.74, 6) is -4.89. The van der Waals surface area contributed by atoms with Crippen molar-refractivity contribution in [1.82, 2.24) is 10.2 Å². The number of phenols is 2. The third kappa shape index (κ3) is 7.08. The average Bonchev–Trinajstić information content (AvgIpc) is 3.47. The van der Waals surface area contributed by atoms with Gasteiger partial charge in [-0.15, -0.1) is 0 Å². The predicted octanol–water partition coefficient (Wildman–Crippen LogP) is 0.687. The molecule has 2 aromatic rings. The second kappa shape index (κ2) is 15.5. The minimum atomic E-state index is -2.33. The van der Waals surface area contributed by atoms with Crippen LogP contribution in [0.1, 0.15) is 94.5 Å². The number of aromatic hydroxyl groups is 2. The molecule has 54 heavy (non-hydrogen) atoms. The summed E-state index contributed by atoms with van der Waals surface area (Å²) in [6, 6.07) is 3.58. The lowest BCUT2D eigenvalue weighted by atomic mass is 9.72. The molecule has 0 bridgehead atoms. The van der Waals surface area contributed by atoms with Gasteiger partial charge in [-0.25, -0.2) is 0 Å². The molecule has 16 nitrogen and oxygen atoms in total. The summed E-state index contributed by atoms with van der Waals surface area (Å²) < 4.78 is 17.5. The van der Waals surface area contributed by atoms with Crippen molar-refractivity contribution in [1.29, 1.82) is 0 Å². The van der Waals surface area contributed by atoms with Crippen molar-refractivity contribution in [3.8, 4) is 17.2 Å². The van der Waals surface area contributed by atoms with Crippen molar-refractivity contribution in [3.63, 3.8) is 0 Å². The normalized spacial score (nSPS) is 26.1. The van der Waals surface area contributed by atoms with E-state index in [0.717, 1.165) is 4.90 Å². The van der Waals surface area contributed by atoms with E-state index in [1.54, 1.807) is 6.92 Å². The van der Waals surface area contributed by atoms with Gasteiger partial charge in [-0.2, -0.15) is 0 Å². The molecule has 4 unspecified atom stereocenters. The molecule has 16 heteroatoms. The monoisotopic (exact) mass is 750 g/mol. The zero-order chi connectivity index (χ0) is 39.1. The quantitative estimate of drug-likeness (QED) is 0.0754. The van der Waals surface area contributed by atoms with Crippen molar-refractivity contribution in [2.75, 3.05) is 26.8 Å². The molecule has 2 aromatic carbocycles. The number of Topliss-reactive ketones (excluding diaryl/α,β-unsaturated/α-hetero) is 2. The molecular formula is C38H42N2O14. The van der Waals surface area contributed by atoms with Crippen LogP contribution in [0.5, 0.6) is 17.2 Å². The van der Waals surface area contributed by atoms with Gasteiger partial charge < -0.3 is 45.1 Å². The summed E-state index contributed by atoms with van der Waals surface area (Å²) in [6.07, 6.45) is -1.47. The van der Waals surface area contributed by atoms with Gasteiger partial charge in [0.2, 0.25) is 5.78 Å². The number of methoxy groups -OCH3 is 1. The lowest BCUT2D eigenvalue weighted by molar-refractivity contribution is -0.249. The van der Waals surface area contributed by atoms with E-state index in [9.17, 15) is 54.3 Å². The van der Waals surface area contributed by atoms with E-state index in [2.05, 4.69) is 5.32 Å². The van der Waals surface area contributed by atoms with Crippen molar-refractivity contribution in [3.05, 3.63) is 63.7 Å². The molecule has 0 spiro atoms. The Balaban J connectivity index is 1.19. The Morgan fingerprint density at radius 3 is 2.39 bits per heavy atom. The predicted molar refractivity (Wildman–Crippen MR) is 185 cm³/mol. The minimum absolute atomic E-state index is 0.0530. The smallest absolute Gasteiger partial charge is 0.253 e. The highest BCUT2D eigenvalue weighted by atomic mass is 16.7. The minimum Gasteiger partial charge on any atom is -0.507 e. The Hall–Kier alpha value is -4.84. The first kappa shape index (κ1) is 38.9. The molecule has 1 saturated heterocycles. The van der Waals surface area contributed by atoms with Gasteiger partial charge in [-0.1, -0.05) is 18.6 Å². The fourth-order valence-corrected chi connectivity index (χ4v) is 7.67. The van der Waals surface area contributed by atoms with Crippen LogP contribution in [0.3, 0.4) is 0 Å². The molecule has 0 saturated carbocycles. The number of aliphatic hydroxyl groups is 3. The molecule has 6 N–H and O–H groups in total. The second-order valence-electron chi connectivity index (χ2n) is 14.0. The number of rotatable bonds is 14. The number of carbonyl (C=O) groups is 6. The van der Waals surface area contributed by atoms with Crippen LogP contribution in [0.25, 0.3) is 0 Å². The van der Waals surface area contributed by atoms with Gasteiger partial charge >= 0.3 is 0 Å². The Morgan fingerprint density at radius 1 is 1.00 bits per heavy atom. The van der Waals surface area contributed by atoms with Gasteiger partial charge in [0.05, 0.1) is 48.7 Å². The molecule has 6 rings (SSSR count). The van der Waals surface area contributed by atoms with Gasteiger partial charge in [0.15, 0.2) is 17.9 Å². The number of amides is 2. The number of carbonyl (C=O) groups excluding carboxylic acids is 6. The summed E-state index contributed by atoms with van der Waals surface area (Å²) in [4.78, 5) is 77.8. The highest BCUT2D eigenvalue weighted by Gasteiger charge is 2.50. The van der Waals surface area contributed by atoms with Crippen LogP contribution < -0.4 is 10.1 Å². The fraction of sp³-hybridized carbons (Fsp3) is 0.474. The summed E-state index contributed by atoms with van der Waals surface area (Å²) in [5.41, 5.74) is -3.98. The van der Waals surface area contributed by atoms with Crippen LogP contribution in [0, 0.1) is 0 Å². The first-order chi connectivity index (χ1) is 25.7. The number of hydrogen-bond acceptors (Lipinski definition) is 15. The number of benzene rings is 2. The molecule has 4 aliphatic rings. The summed E-state index contributed by atoms with van der Waals surface area (Å²) in [6.45, 7) is 0.655. The lowest BCUT2D eigenvalue weighted by Gasteiger charge is -2.43. The van der Waals surface area contributed by atoms with Crippen LogP contribution in [0.4, 0.5) is 0 Å². The largest absolute Gasteiger partial charge is 0.507 e. The fourth-order valence-electron chi connectivity index (χ4n) is 7.67. The standard InChI is InChI=1S/C38H42N2O14/c1-18-33(46)22(39-16-19(42)7-4-3-5-12-40-26(44)10-11-27(40)45)13-28(53-18)54-24-15-38(51,25(43)17-41)14-21-30(24)37(50)32-31(35(21)48)34(47)20-8-6-9-23(52-2)29(20)36(32)49/h6,8-11,18,22,24,28,33,39,41,46,48,50-51H,3-5,7,12-17H2,1-2H3/t18?,22?,24?,28-,33?,38+/m1/s1. The van der Waals surface area contributed by atoms with Crippen molar-refractivity contribution < 1.29 is 68.5 Å². The molecular weight excluding hydrogens is 708 g/mol. The topological polar surface area (TPSA) is 247 Å². The molecule has 2 heterocycles. The maximum atomic E-state index is 13.9. The number of aliphatic hydroxyl groups excluding tert-OH is 2. The summed E-state index contributed by atoms with van der Waals surface area (Å²) >= 11 is 0. The number of fused-ring (bicyclic) bond motifs is 3. The van der Waals surface area contributed by atoms with Gasteiger partial charge in [0.1, 0.15) is 35.2 Å². The van der Waals surface area contributed by atoms with Gasteiger partial charge in [0.25, 0.3) is 11.8 Å². The van der Waals surface area contributed by atoms with Crippen molar-refractivity contribution >= 4 is 34.9 Å². The highest BCUT2D eigenvalue weighted by Crippen LogP contribution is 2.52. The average molecular weight is 751 g/mol. The number of hydrogen-bond donors (Lipinski definition) is 6. The zero-order valence-electron chi connectivity index (χ0n) is 29.7. The van der Waals surface area contributed by atoms with Gasteiger partial charge in [-0.3, -0.25) is 33.7 Å². The van der Waals surface area contributed by atoms with Gasteiger partial charge in [-0.05, 0) is 25.8 Å². The molecule has 1 fully saturated rings. The third-order valence-electron chi connectivity index (χ3n) is 10.6. The first-order valence-corrected chi connectivity index (χ1v) is 17.7. The van der Waals surface area contributed by atoms with E-state index in [-0.39, 0.29) is 71.5 Å². The molecule has 0 radical (unpaired) electrons. The van der Waals surface area contributed by atoms with E-state index in [1.165, 1.54) is 37.5 Å². The number of ketones is 4. The van der Waals surface area contributed by atoms with Crippen LogP contribution >= 0.6 is 0 Å². The lowest BCUT2D eigenvalue weighted by Crippen LogP contribution is -2.55. The molecule has 0 aromatic heterocycles. The Labute approximate surface area is 309 Å². The van der Waals surface area contributed by atoms with Crippen LogP contribution in [0.2, 0.25) is 0 Å². The van der Waals surface area contributed by atoms with E-state index in [0.29, 0.717) is 19.3 Å². The molecule has 6 atom stereocenters. The van der Waals surface area contributed by atoms with Crippen molar-refractivity contribution in [2.45, 2.75) is 88.1 Å². The molecule has 2 amide bonds. The summed E-state index contributed by atoms with van der Waals surface area (Å²) in [5, 5.41) is 58.5. The number of nitrogens with zero attached hydrogens (tertiary/aromatic N) is 1. The summed E-state index contributed by atoms with van der Waals surface area (Å²) in [7, 11) is 1.31. The SMILES string of the molecule is COc1cccc2c1C(=O)c1c(O)c3c(c(O)c1C2=O)C[C@@](O)(C(=O)CO)CC3O[C@@H]1CC(NCC(=O)CCCCCN2C(=O)C=CC2=O)C(O)C(C)O1. The van der Waals surface area contributed by atoms with Crippen LogP contribution in [-0.4, -0.2) is 122 Å². The molecule has 2 aliphatic heterocycles. The van der Waals surface area contributed by atoms with Crippen LogP contribution in [-0.2, 0) is 35.1 Å². The number of imide groups is 1. The Morgan fingerprint density at radius 2 is 1.70 bits per heavy atom.